The number of thioether (sulfide) groups is 1. The third kappa shape index (κ3) is 4.01. The number of pyridine rings is 1. The maximum Gasteiger partial charge on any atom is 0.237 e. The van der Waals surface area contributed by atoms with E-state index < -0.39 is 0 Å². The van der Waals surface area contributed by atoms with E-state index in [1.807, 2.05) is 43.3 Å². The van der Waals surface area contributed by atoms with Crippen molar-refractivity contribution in [2.24, 2.45) is 0 Å². The van der Waals surface area contributed by atoms with Crippen molar-refractivity contribution < 1.29 is 9.53 Å². The minimum atomic E-state index is -0.314. The summed E-state index contributed by atoms with van der Waals surface area (Å²) in [5, 5.41) is 12.1. The Hall–Kier alpha value is -2.87. The van der Waals surface area contributed by atoms with Crippen molar-refractivity contribution in [2.75, 3.05) is 12.4 Å². The van der Waals surface area contributed by atoms with Crippen LogP contribution < -0.4 is 10.1 Å². The fourth-order valence-electron chi connectivity index (χ4n) is 2.84. The minimum Gasteiger partial charge on any atom is -0.497 e. The lowest BCUT2D eigenvalue weighted by Gasteiger charge is -2.13. The molecule has 1 fully saturated rings. The van der Waals surface area contributed by atoms with Crippen LogP contribution in [0.25, 0.3) is 11.4 Å². The van der Waals surface area contributed by atoms with Crippen molar-refractivity contribution in [3.05, 3.63) is 48.8 Å². The van der Waals surface area contributed by atoms with Crippen LogP contribution in [0.15, 0.2) is 53.9 Å². The molecule has 1 aromatic carbocycles. The van der Waals surface area contributed by atoms with Crippen LogP contribution >= 0.6 is 11.8 Å². The summed E-state index contributed by atoms with van der Waals surface area (Å²) >= 11 is 1.42. The third-order valence-electron chi connectivity index (χ3n) is 4.51. The fourth-order valence-corrected chi connectivity index (χ4v) is 3.76. The van der Waals surface area contributed by atoms with Crippen LogP contribution in [0.4, 0.5) is 5.69 Å². The number of ether oxygens (including phenoxy) is 1. The molecule has 28 heavy (non-hydrogen) atoms. The second-order valence-corrected chi connectivity index (χ2v) is 7.93. The monoisotopic (exact) mass is 395 g/mol. The summed E-state index contributed by atoms with van der Waals surface area (Å²) in [5.74, 6) is 1.48. The Labute approximate surface area is 167 Å². The van der Waals surface area contributed by atoms with Gasteiger partial charge in [-0.2, -0.15) is 0 Å². The lowest BCUT2D eigenvalue weighted by atomic mass is 10.3. The maximum atomic E-state index is 12.6. The van der Waals surface area contributed by atoms with E-state index in [-0.39, 0.29) is 11.2 Å². The predicted molar refractivity (Wildman–Crippen MR) is 108 cm³/mol. The lowest BCUT2D eigenvalue weighted by Crippen LogP contribution is -2.22. The Kier molecular flexibility index (Phi) is 5.29. The summed E-state index contributed by atoms with van der Waals surface area (Å²) in [4.78, 5) is 16.8. The summed E-state index contributed by atoms with van der Waals surface area (Å²) < 4.78 is 7.28. The second kappa shape index (κ2) is 8.02. The zero-order chi connectivity index (χ0) is 19.5. The van der Waals surface area contributed by atoms with E-state index >= 15 is 0 Å². The van der Waals surface area contributed by atoms with Gasteiger partial charge >= 0.3 is 0 Å². The van der Waals surface area contributed by atoms with E-state index in [4.69, 9.17) is 4.74 Å². The van der Waals surface area contributed by atoms with Gasteiger partial charge in [0.2, 0.25) is 5.91 Å². The summed E-state index contributed by atoms with van der Waals surface area (Å²) in [7, 11) is 1.61. The van der Waals surface area contributed by atoms with Gasteiger partial charge in [0.15, 0.2) is 11.0 Å². The average Bonchev–Trinajstić information content (AvgIpc) is 3.49. The van der Waals surface area contributed by atoms with Gasteiger partial charge in [0.05, 0.1) is 12.4 Å². The Morgan fingerprint density at radius 3 is 2.68 bits per heavy atom. The van der Waals surface area contributed by atoms with Gasteiger partial charge in [0.25, 0.3) is 0 Å². The molecule has 144 valence electrons. The molecule has 3 aromatic rings. The molecule has 0 saturated heterocycles. The van der Waals surface area contributed by atoms with Crippen LogP contribution in [0.1, 0.15) is 25.8 Å². The van der Waals surface area contributed by atoms with Crippen molar-refractivity contribution >= 4 is 23.4 Å². The SMILES string of the molecule is COc1ccc(NC(=O)C(C)Sc2nnc(-c3cccnc3)n2C2CC2)cc1. The Morgan fingerprint density at radius 2 is 2.04 bits per heavy atom. The van der Waals surface area contributed by atoms with Gasteiger partial charge in [0.1, 0.15) is 5.75 Å². The van der Waals surface area contributed by atoms with E-state index in [1.54, 1.807) is 19.5 Å². The number of nitrogens with one attached hydrogen (secondary N) is 1. The third-order valence-corrected chi connectivity index (χ3v) is 5.56. The molecule has 7 nitrogen and oxygen atoms in total. The first kappa shape index (κ1) is 18.5. The Balaban J connectivity index is 1.49. The second-order valence-electron chi connectivity index (χ2n) is 6.63. The van der Waals surface area contributed by atoms with E-state index in [0.29, 0.717) is 6.04 Å². The Morgan fingerprint density at radius 1 is 1.25 bits per heavy atom. The highest BCUT2D eigenvalue weighted by Crippen LogP contribution is 2.41. The molecule has 1 N–H and O–H groups in total. The van der Waals surface area contributed by atoms with Gasteiger partial charge in [-0.1, -0.05) is 11.8 Å². The first-order valence-electron chi connectivity index (χ1n) is 9.12. The van der Waals surface area contributed by atoms with Crippen LogP contribution in [0.3, 0.4) is 0 Å². The molecule has 4 rings (SSSR count). The number of carbonyl (C=O) groups excluding carboxylic acids is 1. The normalized spacial score (nSPS) is 14.5. The maximum absolute atomic E-state index is 12.6. The standard InChI is InChI=1S/C20H21N5O2S/c1-13(19(26)22-15-5-9-17(27-2)10-6-15)28-20-24-23-18(25(20)16-7-8-16)14-4-3-11-21-12-14/h3-6,9-13,16H,7-8H2,1-2H3,(H,22,26). The van der Waals surface area contributed by atoms with Crippen LogP contribution in [-0.4, -0.2) is 38.0 Å². The number of amides is 1. The smallest absolute Gasteiger partial charge is 0.237 e. The van der Waals surface area contributed by atoms with Gasteiger partial charge in [-0.15, -0.1) is 10.2 Å². The number of carbonyl (C=O) groups is 1. The number of methoxy groups -OCH3 is 1. The first-order chi connectivity index (χ1) is 13.7. The number of hydrogen-bond donors (Lipinski definition) is 1. The zero-order valence-corrected chi connectivity index (χ0v) is 16.5. The fraction of sp³-hybridized carbons (Fsp3) is 0.300. The van der Waals surface area contributed by atoms with Crippen molar-refractivity contribution in [1.29, 1.82) is 0 Å². The van der Waals surface area contributed by atoms with E-state index in [0.717, 1.165) is 40.8 Å². The predicted octanol–water partition coefficient (Wildman–Crippen LogP) is 3.80. The van der Waals surface area contributed by atoms with Crippen LogP contribution in [-0.2, 0) is 4.79 Å². The van der Waals surface area contributed by atoms with Gasteiger partial charge in [-0.3, -0.25) is 14.3 Å². The van der Waals surface area contributed by atoms with Crippen molar-refractivity contribution in [3.63, 3.8) is 0 Å². The Bertz CT molecular complexity index is 954. The van der Waals surface area contributed by atoms with Crippen LogP contribution in [0.5, 0.6) is 5.75 Å². The first-order valence-corrected chi connectivity index (χ1v) is 10.0. The van der Waals surface area contributed by atoms with Crippen molar-refractivity contribution in [1.82, 2.24) is 19.7 Å². The van der Waals surface area contributed by atoms with Crippen molar-refractivity contribution in [2.45, 2.75) is 36.2 Å². The van der Waals surface area contributed by atoms with E-state index in [2.05, 4.69) is 25.1 Å². The highest BCUT2D eigenvalue weighted by atomic mass is 32.2. The molecule has 0 spiro atoms. The molecule has 1 amide bonds. The van der Waals surface area contributed by atoms with Crippen molar-refractivity contribution in [3.8, 4) is 17.1 Å². The molecule has 2 aromatic heterocycles. The lowest BCUT2D eigenvalue weighted by molar-refractivity contribution is -0.115. The molecular formula is C20H21N5O2S. The molecule has 0 aliphatic heterocycles. The quantitative estimate of drug-likeness (QED) is 0.613. The molecule has 1 atom stereocenters. The van der Waals surface area contributed by atoms with E-state index in [9.17, 15) is 4.79 Å². The molecule has 1 aliphatic carbocycles. The number of anilines is 1. The topological polar surface area (TPSA) is 81.9 Å². The number of rotatable bonds is 7. The zero-order valence-electron chi connectivity index (χ0n) is 15.7. The summed E-state index contributed by atoms with van der Waals surface area (Å²) in [6, 6.07) is 11.5. The van der Waals surface area contributed by atoms with Crippen LogP contribution in [0, 0.1) is 0 Å². The number of nitrogens with zero attached hydrogens (tertiary/aromatic N) is 4. The van der Waals surface area contributed by atoms with Gasteiger partial charge in [0, 0.05) is 29.7 Å². The molecule has 2 heterocycles. The number of hydrogen-bond acceptors (Lipinski definition) is 6. The average molecular weight is 395 g/mol. The molecular weight excluding hydrogens is 374 g/mol. The number of aromatic nitrogens is 4. The summed E-state index contributed by atoms with van der Waals surface area (Å²) in [6.07, 6.45) is 5.73. The van der Waals surface area contributed by atoms with Gasteiger partial charge < -0.3 is 10.1 Å². The molecule has 1 aliphatic rings. The molecule has 1 unspecified atom stereocenters. The molecule has 1 saturated carbocycles. The highest BCUT2D eigenvalue weighted by molar-refractivity contribution is 8.00. The van der Waals surface area contributed by atoms with E-state index in [1.165, 1.54) is 11.8 Å². The largest absolute Gasteiger partial charge is 0.497 e. The summed E-state index contributed by atoms with van der Waals surface area (Å²) in [5.41, 5.74) is 1.67. The highest BCUT2D eigenvalue weighted by Gasteiger charge is 2.31. The minimum absolute atomic E-state index is 0.0801. The summed E-state index contributed by atoms with van der Waals surface area (Å²) in [6.45, 7) is 1.87. The molecule has 0 bridgehead atoms. The molecule has 0 radical (unpaired) electrons. The van der Waals surface area contributed by atoms with Gasteiger partial charge in [-0.05, 0) is 56.2 Å². The number of benzene rings is 1. The van der Waals surface area contributed by atoms with Gasteiger partial charge in [-0.25, -0.2) is 0 Å². The van der Waals surface area contributed by atoms with Crippen LogP contribution in [0.2, 0.25) is 0 Å². The molecule has 8 heteroatoms.